The number of thioether (sulfide) groups is 1. The number of nitrogens with zero attached hydrogens (tertiary/aromatic N) is 2. The van der Waals surface area contributed by atoms with Crippen molar-refractivity contribution in [1.29, 1.82) is 0 Å². The van der Waals surface area contributed by atoms with Gasteiger partial charge in [0.1, 0.15) is 0 Å². The molecule has 0 spiro atoms. The highest BCUT2D eigenvalue weighted by molar-refractivity contribution is 8.18. The van der Waals surface area contributed by atoms with Crippen molar-refractivity contribution in [2.45, 2.75) is 13.0 Å². The maximum atomic E-state index is 12.7. The molecule has 0 unspecified atom stereocenters. The van der Waals surface area contributed by atoms with E-state index in [2.05, 4.69) is 4.99 Å². The number of carbonyl (C=O) groups is 3. The van der Waals surface area contributed by atoms with Gasteiger partial charge in [0.15, 0.2) is 22.8 Å². The number of carbonyl (C=O) groups excluding carboxylic acids is 1. The molecule has 0 saturated carbocycles. The quantitative estimate of drug-likeness (QED) is 0.607. The van der Waals surface area contributed by atoms with E-state index in [4.69, 9.17) is 19.7 Å². The van der Waals surface area contributed by atoms with Crippen molar-refractivity contribution in [1.82, 2.24) is 4.90 Å². The number of ether oxygens (including phenoxy) is 2. The predicted molar refractivity (Wildman–Crippen MR) is 120 cm³/mol. The van der Waals surface area contributed by atoms with Crippen LogP contribution in [0.4, 0.5) is 5.69 Å². The first-order chi connectivity index (χ1) is 15.2. The zero-order valence-electron chi connectivity index (χ0n) is 17.4. The molecule has 0 bridgehead atoms. The van der Waals surface area contributed by atoms with Crippen LogP contribution in [0.3, 0.4) is 0 Å². The normalized spacial score (nSPS) is 17.0. The van der Waals surface area contributed by atoms with E-state index in [9.17, 15) is 14.4 Å². The van der Waals surface area contributed by atoms with Gasteiger partial charge in [-0.2, -0.15) is 0 Å². The van der Waals surface area contributed by atoms with Crippen LogP contribution in [0.15, 0.2) is 52.4 Å². The minimum Gasteiger partial charge on any atom is -0.493 e. The lowest BCUT2D eigenvalue weighted by Gasteiger charge is -2.14. The fourth-order valence-electron chi connectivity index (χ4n) is 2.70. The summed E-state index contributed by atoms with van der Waals surface area (Å²) in [7, 11) is 3.04. The molecule has 1 fully saturated rings. The van der Waals surface area contributed by atoms with E-state index in [-0.39, 0.29) is 17.2 Å². The van der Waals surface area contributed by atoms with E-state index in [1.165, 1.54) is 42.8 Å². The number of amides is 1. The van der Waals surface area contributed by atoms with Crippen molar-refractivity contribution in [3.05, 3.63) is 58.5 Å². The van der Waals surface area contributed by atoms with Crippen LogP contribution in [0.5, 0.6) is 11.5 Å². The van der Waals surface area contributed by atoms with E-state index >= 15 is 0 Å². The molecule has 32 heavy (non-hydrogen) atoms. The van der Waals surface area contributed by atoms with Gasteiger partial charge in [-0.25, -0.2) is 14.6 Å². The number of likely N-dealkylation sites (N-methyl/N-ethyl adjacent to an activating group) is 1. The Balaban J connectivity index is 1.83. The van der Waals surface area contributed by atoms with Crippen molar-refractivity contribution in [2.24, 2.45) is 4.99 Å². The molecule has 1 aliphatic heterocycles. The molecule has 2 N–H and O–H groups in total. The summed E-state index contributed by atoms with van der Waals surface area (Å²) in [5, 5.41) is 18.5. The lowest BCUT2D eigenvalue weighted by molar-refractivity contribution is -0.144. The Hall–Kier alpha value is -3.79. The Kier molecular flexibility index (Phi) is 6.84. The summed E-state index contributed by atoms with van der Waals surface area (Å²) in [5.74, 6) is -1.75. The SMILES string of the molecule is COc1cc(/C=C2\SC(=Nc3ccc(C(=O)O)cc3)N(C)C2=O)ccc1O[C@@H](C)C(=O)O. The molecule has 1 aliphatic rings. The third-order valence-electron chi connectivity index (χ3n) is 4.48. The summed E-state index contributed by atoms with van der Waals surface area (Å²) in [6, 6.07) is 10.9. The summed E-state index contributed by atoms with van der Waals surface area (Å²) < 4.78 is 10.7. The van der Waals surface area contributed by atoms with Gasteiger partial charge >= 0.3 is 11.9 Å². The summed E-state index contributed by atoms with van der Waals surface area (Å²) in [4.78, 5) is 40.9. The molecule has 166 valence electrons. The van der Waals surface area contributed by atoms with Crippen LogP contribution in [0.1, 0.15) is 22.8 Å². The summed E-state index contributed by atoms with van der Waals surface area (Å²) >= 11 is 1.18. The number of benzene rings is 2. The van der Waals surface area contributed by atoms with E-state index in [0.717, 1.165) is 0 Å². The Morgan fingerprint density at radius 3 is 2.41 bits per heavy atom. The van der Waals surface area contributed by atoms with Gasteiger partial charge < -0.3 is 19.7 Å². The molecular weight excluding hydrogens is 436 g/mol. The van der Waals surface area contributed by atoms with Crippen LogP contribution in [-0.4, -0.2) is 58.4 Å². The molecule has 3 rings (SSSR count). The Morgan fingerprint density at radius 2 is 1.81 bits per heavy atom. The van der Waals surface area contributed by atoms with Gasteiger partial charge in [-0.3, -0.25) is 9.69 Å². The zero-order chi connectivity index (χ0) is 23.4. The average molecular weight is 456 g/mol. The Morgan fingerprint density at radius 1 is 1.12 bits per heavy atom. The highest BCUT2D eigenvalue weighted by Crippen LogP contribution is 2.35. The van der Waals surface area contributed by atoms with Crippen molar-refractivity contribution in [2.75, 3.05) is 14.2 Å². The Bertz CT molecular complexity index is 1130. The van der Waals surface area contributed by atoms with Gasteiger partial charge in [-0.1, -0.05) is 6.07 Å². The van der Waals surface area contributed by atoms with E-state index < -0.39 is 18.0 Å². The second kappa shape index (κ2) is 9.56. The fraction of sp³-hybridized carbons (Fsp3) is 0.182. The fourth-order valence-corrected chi connectivity index (χ4v) is 3.69. The number of hydrogen-bond donors (Lipinski definition) is 2. The van der Waals surface area contributed by atoms with Crippen LogP contribution in [0, 0.1) is 0 Å². The average Bonchev–Trinajstić information content (AvgIpc) is 3.02. The molecule has 10 heteroatoms. The monoisotopic (exact) mass is 456 g/mol. The van der Waals surface area contributed by atoms with Gasteiger partial charge in [0.05, 0.1) is 23.3 Å². The number of carboxylic acid groups (broad SMARTS) is 2. The van der Waals surface area contributed by atoms with E-state index in [1.807, 2.05) is 0 Å². The summed E-state index contributed by atoms with van der Waals surface area (Å²) in [6.45, 7) is 1.41. The van der Waals surface area contributed by atoms with Gasteiger partial charge in [-0.05, 0) is 66.7 Å². The number of aliphatic imine (C=N–C) groups is 1. The Labute approximate surface area is 188 Å². The molecular formula is C22H20N2O7S. The van der Waals surface area contributed by atoms with Gasteiger partial charge in [0, 0.05) is 7.05 Å². The van der Waals surface area contributed by atoms with Gasteiger partial charge in [0.2, 0.25) is 0 Å². The number of rotatable bonds is 7. The molecule has 0 radical (unpaired) electrons. The van der Waals surface area contributed by atoms with Crippen LogP contribution in [0.2, 0.25) is 0 Å². The molecule has 2 aromatic rings. The molecule has 0 aromatic heterocycles. The number of aromatic carboxylic acids is 1. The summed E-state index contributed by atoms with van der Waals surface area (Å²) in [5.41, 5.74) is 1.33. The molecule has 0 aliphatic carbocycles. The van der Waals surface area contributed by atoms with Crippen LogP contribution >= 0.6 is 11.8 Å². The molecule has 1 heterocycles. The second-order valence-corrected chi connectivity index (χ2v) is 7.74. The molecule has 2 aromatic carbocycles. The largest absolute Gasteiger partial charge is 0.493 e. The second-order valence-electron chi connectivity index (χ2n) is 6.73. The smallest absolute Gasteiger partial charge is 0.344 e. The zero-order valence-corrected chi connectivity index (χ0v) is 18.3. The number of hydrogen-bond acceptors (Lipinski definition) is 7. The van der Waals surface area contributed by atoms with Crippen LogP contribution in [-0.2, 0) is 9.59 Å². The predicted octanol–water partition coefficient (Wildman–Crippen LogP) is 3.48. The van der Waals surface area contributed by atoms with E-state index in [1.54, 1.807) is 43.5 Å². The van der Waals surface area contributed by atoms with Crippen molar-refractivity contribution in [3.63, 3.8) is 0 Å². The number of methoxy groups -OCH3 is 1. The maximum absolute atomic E-state index is 12.7. The molecule has 1 atom stereocenters. The summed E-state index contributed by atoms with van der Waals surface area (Å²) in [6.07, 6.45) is 0.629. The van der Waals surface area contributed by atoms with Crippen LogP contribution < -0.4 is 9.47 Å². The van der Waals surface area contributed by atoms with Gasteiger partial charge in [-0.15, -0.1) is 0 Å². The molecule has 1 amide bonds. The lowest BCUT2D eigenvalue weighted by Crippen LogP contribution is -2.23. The minimum absolute atomic E-state index is 0.150. The first-order valence-electron chi connectivity index (χ1n) is 9.36. The number of carboxylic acids is 2. The third-order valence-corrected chi connectivity index (χ3v) is 5.54. The molecule has 9 nitrogen and oxygen atoms in total. The van der Waals surface area contributed by atoms with Crippen LogP contribution in [0.25, 0.3) is 6.08 Å². The number of aliphatic carboxylic acids is 1. The highest BCUT2D eigenvalue weighted by atomic mass is 32.2. The van der Waals surface area contributed by atoms with Gasteiger partial charge in [0.25, 0.3) is 5.91 Å². The lowest BCUT2D eigenvalue weighted by atomic mass is 10.2. The molecule has 1 saturated heterocycles. The van der Waals surface area contributed by atoms with Crippen molar-refractivity contribution < 1.29 is 34.1 Å². The highest BCUT2D eigenvalue weighted by Gasteiger charge is 2.30. The maximum Gasteiger partial charge on any atom is 0.344 e. The number of amidine groups is 1. The topological polar surface area (TPSA) is 126 Å². The first-order valence-corrected chi connectivity index (χ1v) is 10.2. The van der Waals surface area contributed by atoms with Crippen molar-refractivity contribution in [3.8, 4) is 11.5 Å². The van der Waals surface area contributed by atoms with Crippen molar-refractivity contribution >= 4 is 46.5 Å². The minimum atomic E-state index is -1.10. The van der Waals surface area contributed by atoms with E-state index in [0.29, 0.717) is 27.1 Å². The third kappa shape index (κ3) is 5.09. The standard InChI is InChI=1S/C22H20N2O7S/c1-12(20(26)27)31-16-9-4-13(10-17(16)30-3)11-18-19(25)24(2)22(32-18)23-15-7-5-14(6-8-15)21(28)29/h4-12H,1-3H3,(H,26,27)(H,28,29)/b18-11-,23-22?/t12-/m0/s1. The first kappa shape index (κ1) is 22.9.